The Hall–Kier alpha value is -0.910. The molecule has 1 heterocycles. The number of nitrogens with zero attached hydrogens (tertiary/aromatic N) is 3. The predicted molar refractivity (Wildman–Crippen MR) is 71.3 cm³/mol. The first-order valence-electron chi connectivity index (χ1n) is 6.24. The lowest BCUT2D eigenvalue weighted by atomic mass is 10.2. The van der Waals surface area contributed by atoms with Crippen molar-refractivity contribution in [3.8, 4) is 0 Å². The van der Waals surface area contributed by atoms with E-state index in [0.717, 1.165) is 12.1 Å². The molecule has 0 aromatic carbocycles. The van der Waals surface area contributed by atoms with Gasteiger partial charge in [-0.25, -0.2) is 0 Å². The minimum absolute atomic E-state index is 0.205. The topological polar surface area (TPSA) is 50.5 Å². The maximum Gasteiger partial charge on any atom is 0.0900 e. The number of ether oxygens (including phenoxy) is 1. The second-order valence-corrected chi connectivity index (χ2v) is 5.80. The smallest absolute Gasteiger partial charge is 0.0900 e. The fourth-order valence-electron chi connectivity index (χ4n) is 1.69. The third-order valence-electron chi connectivity index (χ3n) is 2.44. The Morgan fingerprint density at radius 1 is 1.50 bits per heavy atom. The van der Waals surface area contributed by atoms with E-state index < -0.39 is 6.10 Å². The summed E-state index contributed by atoms with van der Waals surface area (Å²) in [6.07, 6.45) is 3.36. The van der Waals surface area contributed by atoms with Crippen LogP contribution in [0.5, 0.6) is 0 Å². The molecule has 1 atom stereocenters. The molecule has 0 saturated heterocycles. The first kappa shape index (κ1) is 15.1. The quantitative estimate of drug-likeness (QED) is 0.825. The number of rotatable bonds is 6. The molecule has 0 fully saturated rings. The summed E-state index contributed by atoms with van der Waals surface area (Å²) in [5, 5.41) is 14.0. The average Bonchev–Trinajstić information content (AvgIpc) is 2.59. The number of aryl methyl sites for hydroxylation is 1. The molecule has 0 radical (unpaired) electrons. The molecule has 1 rings (SSSR count). The summed E-state index contributed by atoms with van der Waals surface area (Å²) in [5.41, 5.74) is 0.937. The highest BCUT2D eigenvalue weighted by molar-refractivity contribution is 5.02. The Balaban J connectivity index is 2.29. The molecule has 0 spiro atoms. The lowest BCUT2D eigenvalue weighted by Crippen LogP contribution is -2.34. The van der Waals surface area contributed by atoms with Crippen molar-refractivity contribution in [1.82, 2.24) is 14.7 Å². The molecular formula is C13H25N3O2. The average molecular weight is 255 g/mol. The Morgan fingerprint density at radius 3 is 2.67 bits per heavy atom. The molecule has 18 heavy (non-hydrogen) atoms. The first-order chi connectivity index (χ1) is 8.26. The van der Waals surface area contributed by atoms with Crippen LogP contribution >= 0.6 is 0 Å². The monoisotopic (exact) mass is 255 g/mol. The van der Waals surface area contributed by atoms with Gasteiger partial charge in [0.25, 0.3) is 0 Å². The maximum absolute atomic E-state index is 9.88. The third kappa shape index (κ3) is 6.14. The minimum Gasteiger partial charge on any atom is -0.389 e. The number of hydrogen-bond acceptors (Lipinski definition) is 4. The molecule has 104 valence electrons. The van der Waals surface area contributed by atoms with Gasteiger partial charge in [-0.3, -0.25) is 9.58 Å². The van der Waals surface area contributed by atoms with Crippen molar-refractivity contribution >= 4 is 0 Å². The van der Waals surface area contributed by atoms with Gasteiger partial charge < -0.3 is 9.84 Å². The number of aliphatic hydroxyl groups excluding tert-OH is 1. The molecule has 1 aromatic heterocycles. The van der Waals surface area contributed by atoms with Crippen molar-refractivity contribution in [2.45, 2.75) is 39.0 Å². The van der Waals surface area contributed by atoms with E-state index in [1.807, 2.05) is 47.3 Å². The van der Waals surface area contributed by atoms with E-state index in [-0.39, 0.29) is 5.60 Å². The molecule has 1 unspecified atom stereocenters. The van der Waals surface area contributed by atoms with Gasteiger partial charge in [-0.15, -0.1) is 0 Å². The Morgan fingerprint density at radius 2 is 2.17 bits per heavy atom. The molecule has 0 saturated carbocycles. The molecule has 1 aromatic rings. The van der Waals surface area contributed by atoms with Gasteiger partial charge in [0.15, 0.2) is 0 Å². The molecule has 5 nitrogen and oxygen atoms in total. The van der Waals surface area contributed by atoms with Crippen LogP contribution in [0.3, 0.4) is 0 Å². The molecule has 0 bridgehead atoms. The summed E-state index contributed by atoms with van der Waals surface area (Å²) in [5.74, 6) is 0. The first-order valence-corrected chi connectivity index (χ1v) is 6.24. The SMILES string of the molecule is CN(Cc1cnn(C)c1)CC(O)COC(C)(C)C. The molecule has 5 heteroatoms. The highest BCUT2D eigenvalue weighted by Crippen LogP contribution is 2.08. The van der Waals surface area contributed by atoms with Gasteiger partial charge in [0, 0.05) is 31.9 Å². The van der Waals surface area contributed by atoms with Crippen molar-refractivity contribution in [3.05, 3.63) is 18.0 Å². The predicted octanol–water partition coefficient (Wildman–Crippen LogP) is 1.03. The van der Waals surface area contributed by atoms with Gasteiger partial charge >= 0.3 is 0 Å². The lowest BCUT2D eigenvalue weighted by Gasteiger charge is -2.24. The molecule has 0 aliphatic heterocycles. The fraction of sp³-hybridized carbons (Fsp3) is 0.769. The zero-order valence-electron chi connectivity index (χ0n) is 12.1. The minimum atomic E-state index is -0.467. The zero-order valence-corrected chi connectivity index (χ0v) is 12.1. The van der Waals surface area contributed by atoms with Crippen molar-refractivity contribution in [2.75, 3.05) is 20.2 Å². The van der Waals surface area contributed by atoms with Crippen LogP contribution in [0.25, 0.3) is 0 Å². The van der Waals surface area contributed by atoms with E-state index >= 15 is 0 Å². The van der Waals surface area contributed by atoms with Gasteiger partial charge in [-0.1, -0.05) is 0 Å². The number of aromatic nitrogens is 2. The lowest BCUT2D eigenvalue weighted by molar-refractivity contribution is -0.0550. The highest BCUT2D eigenvalue weighted by Gasteiger charge is 2.15. The molecule has 1 N–H and O–H groups in total. The summed E-state index contributed by atoms with van der Waals surface area (Å²) >= 11 is 0. The zero-order chi connectivity index (χ0) is 13.8. The van der Waals surface area contributed by atoms with Crippen molar-refractivity contribution in [1.29, 1.82) is 0 Å². The van der Waals surface area contributed by atoms with E-state index in [2.05, 4.69) is 10.00 Å². The molecule has 0 aliphatic rings. The Kier molecular flexibility index (Phi) is 5.31. The van der Waals surface area contributed by atoms with E-state index in [1.54, 1.807) is 4.68 Å². The van der Waals surface area contributed by atoms with Crippen molar-refractivity contribution in [3.63, 3.8) is 0 Å². The van der Waals surface area contributed by atoms with Crippen LogP contribution in [0, 0.1) is 0 Å². The number of aliphatic hydroxyl groups is 1. The van der Waals surface area contributed by atoms with Crippen LogP contribution in [-0.4, -0.2) is 51.7 Å². The van der Waals surface area contributed by atoms with Crippen molar-refractivity contribution in [2.24, 2.45) is 7.05 Å². The van der Waals surface area contributed by atoms with E-state index in [9.17, 15) is 5.11 Å². The van der Waals surface area contributed by atoms with E-state index in [1.165, 1.54) is 0 Å². The summed E-state index contributed by atoms with van der Waals surface area (Å²) in [6, 6.07) is 0. The summed E-state index contributed by atoms with van der Waals surface area (Å²) < 4.78 is 7.33. The largest absolute Gasteiger partial charge is 0.389 e. The molecule has 0 aliphatic carbocycles. The third-order valence-corrected chi connectivity index (χ3v) is 2.44. The van der Waals surface area contributed by atoms with Gasteiger partial charge in [0.2, 0.25) is 0 Å². The fourth-order valence-corrected chi connectivity index (χ4v) is 1.69. The van der Waals surface area contributed by atoms with Crippen molar-refractivity contribution < 1.29 is 9.84 Å². The highest BCUT2D eigenvalue weighted by atomic mass is 16.5. The standard InChI is InChI=1S/C13H25N3O2/c1-13(2,3)18-10-12(17)9-15(4)7-11-6-14-16(5)8-11/h6,8,12,17H,7,9-10H2,1-5H3. The van der Waals surface area contributed by atoms with Crippen LogP contribution in [-0.2, 0) is 18.3 Å². The van der Waals surface area contributed by atoms with E-state index in [0.29, 0.717) is 13.2 Å². The maximum atomic E-state index is 9.88. The van der Waals surface area contributed by atoms with Gasteiger partial charge in [0.05, 0.1) is 24.5 Å². The number of hydrogen-bond donors (Lipinski definition) is 1. The van der Waals surface area contributed by atoms with Gasteiger partial charge in [-0.05, 0) is 27.8 Å². The Labute approximate surface area is 109 Å². The second-order valence-electron chi connectivity index (χ2n) is 5.80. The van der Waals surface area contributed by atoms with Crippen LogP contribution in [0.15, 0.2) is 12.4 Å². The summed E-state index contributed by atoms with van der Waals surface area (Å²) in [6.45, 7) is 7.68. The normalized spacial score (nSPS) is 14.2. The van der Waals surface area contributed by atoms with Crippen LogP contribution < -0.4 is 0 Å². The molecular weight excluding hydrogens is 230 g/mol. The Bertz CT molecular complexity index is 357. The van der Waals surface area contributed by atoms with Crippen LogP contribution in [0.1, 0.15) is 26.3 Å². The molecule has 0 amide bonds. The van der Waals surface area contributed by atoms with Gasteiger partial charge in [0.1, 0.15) is 0 Å². The van der Waals surface area contributed by atoms with Gasteiger partial charge in [-0.2, -0.15) is 5.10 Å². The van der Waals surface area contributed by atoms with Crippen LogP contribution in [0.4, 0.5) is 0 Å². The summed E-state index contributed by atoms with van der Waals surface area (Å²) in [7, 11) is 3.88. The van der Waals surface area contributed by atoms with Crippen LogP contribution in [0.2, 0.25) is 0 Å². The number of likely N-dealkylation sites (N-methyl/N-ethyl adjacent to an activating group) is 1. The van der Waals surface area contributed by atoms with E-state index in [4.69, 9.17) is 4.74 Å². The second kappa shape index (κ2) is 6.31. The summed E-state index contributed by atoms with van der Waals surface area (Å²) in [4.78, 5) is 2.06.